The van der Waals surface area contributed by atoms with Crippen molar-refractivity contribution >= 4 is 5.91 Å². The summed E-state index contributed by atoms with van der Waals surface area (Å²) in [6.45, 7) is 0.725. The van der Waals surface area contributed by atoms with Crippen LogP contribution in [0, 0.1) is 11.3 Å². The van der Waals surface area contributed by atoms with Crippen LogP contribution < -0.4 is 4.74 Å². The highest BCUT2D eigenvalue weighted by molar-refractivity contribution is 6.00. The number of ether oxygens (including phenoxy) is 1. The molecular formula is C23H22F3N3O2. The third kappa shape index (κ3) is 3.97. The van der Waals surface area contributed by atoms with Crippen LogP contribution in [0.2, 0.25) is 0 Å². The summed E-state index contributed by atoms with van der Waals surface area (Å²) in [4.78, 5) is 19.0. The molecule has 5 nitrogen and oxygen atoms in total. The molecule has 1 saturated carbocycles. The van der Waals surface area contributed by atoms with Crippen molar-refractivity contribution in [1.82, 2.24) is 9.88 Å². The average molecular weight is 429 g/mol. The highest BCUT2D eigenvalue weighted by atomic mass is 19.4. The molecular weight excluding hydrogens is 407 g/mol. The van der Waals surface area contributed by atoms with Crippen molar-refractivity contribution in [3.05, 3.63) is 58.4 Å². The summed E-state index contributed by atoms with van der Waals surface area (Å²) in [7, 11) is 1.45. The molecule has 0 unspecified atom stereocenters. The van der Waals surface area contributed by atoms with Crippen LogP contribution >= 0.6 is 0 Å². The summed E-state index contributed by atoms with van der Waals surface area (Å²) < 4.78 is 43.7. The van der Waals surface area contributed by atoms with E-state index in [0.29, 0.717) is 35.7 Å². The number of benzene rings is 1. The summed E-state index contributed by atoms with van der Waals surface area (Å²) in [5.41, 5.74) is 1.41. The summed E-state index contributed by atoms with van der Waals surface area (Å²) in [6.07, 6.45) is 0.600. The number of nitriles is 1. The van der Waals surface area contributed by atoms with Crippen molar-refractivity contribution in [3.8, 4) is 11.8 Å². The van der Waals surface area contributed by atoms with E-state index in [-0.39, 0.29) is 17.7 Å². The Morgan fingerprint density at radius 2 is 1.87 bits per heavy atom. The van der Waals surface area contributed by atoms with Gasteiger partial charge in [-0.25, -0.2) is 0 Å². The first-order valence-electron chi connectivity index (χ1n) is 10.3. The maximum absolute atomic E-state index is 13.4. The first-order chi connectivity index (χ1) is 14.8. The van der Waals surface area contributed by atoms with E-state index in [2.05, 4.69) is 11.1 Å². The number of pyridine rings is 1. The number of halogens is 3. The number of carbonyl (C=O) groups is 1. The molecule has 1 saturated heterocycles. The van der Waals surface area contributed by atoms with Crippen LogP contribution in [0.1, 0.15) is 70.3 Å². The van der Waals surface area contributed by atoms with Crippen LogP contribution in [-0.4, -0.2) is 36.0 Å². The molecule has 1 aromatic heterocycles. The van der Waals surface area contributed by atoms with E-state index in [0.717, 1.165) is 43.5 Å². The van der Waals surface area contributed by atoms with Crippen molar-refractivity contribution < 1.29 is 22.7 Å². The number of amides is 1. The fourth-order valence-electron chi connectivity index (χ4n) is 4.50. The van der Waals surface area contributed by atoms with Crippen molar-refractivity contribution in [1.29, 1.82) is 5.26 Å². The molecule has 0 atom stereocenters. The SMILES string of the molecule is COc1c(C#N)ccc(C2CCCC2)c1C(=O)N1CC(c2ccc(C(F)(F)F)cn2)C1. The van der Waals surface area contributed by atoms with Gasteiger partial charge >= 0.3 is 6.18 Å². The lowest BCUT2D eigenvalue weighted by molar-refractivity contribution is -0.137. The highest BCUT2D eigenvalue weighted by Gasteiger charge is 2.38. The quantitative estimate of drug-likeness (QED) is 0.695. The lowest BCUT2D eigenvalue weighted by Gasteiger charge is -2.39. The first-order valence-corrected chi connectivity index (χ1v) is 10.3. The van der Waals surface area contributed by atoms with Crippen LogP contribution in [-0.2, 0) is 6.18 Å². The van der Waals surface area contributed by atoms with Gasteiger partial charge < -0.3 is 9.64 Å². The second-order valence-electron chi connectivity index (χ2n) is 8.08. The number of methoxy groups -OCH3 is 1. The number of alkyl halides is 3. The lowest BCUT2D eigenvalue weighted by Crippen LogP contribution is -2.49. The molecule has 1 aliphatic heterocycles. The minimum Gasteiger partial charge on any atom is -0.495 e. The first kappa shape index (κ1) is 21.2. The van der Waals surface area contributed by atoms with Gasteiger partial charge in [-0.1, -0.05) is 18.9 Å². The average Bonchev–Trinajstić information content (AvgIpc) is 3.25. The highest BCUT2D eigenvalue weighted by Crippen LogP contribution is 2.41. The molecule has 2 aromatic rings. The molecule has 8 heteroatoms. The standard InChI is InChI=1S/C23H22F3N3O2/c1-31-21-15(10-27)6-8-18(14-4-2-3-5-14)20(21)22(30)29-12-16(13-29)19-9-7-17(11-28-19)23(24,25)26/h6-9,11,14,16H,2-5,12-13H2,1H3. The molecule has 162 valence electrons. The van der Waals surface area contributed by atoms with Crippen molar-refractivity contribution in [3.63, 3.8) is 0 Å². The van der Waals surface area contributed by atoms with Gasteiger partial charge in [0.1, 0.15) is 11.8 Å². The molecule has 4 rings (SSSR count). The van der Waals surface area contributed by atoms with E-state index < -0.39 is 11.7 Å². The molecule has 2 fully saturated rings. The maximum Gasteiger partial charge on any atom is 0.417 e. The molecule has 2 aliphatic rings. The normalized spacial score (nSPS) is 17.3. The van der Waals surface area contributed by atoms with E-state index >= 15 is 0 Å². The van der Waals surface area contributed by atoms with Gasteiger partial charge in [0.05, 0.1) is 23.8 Å². The van der Waals surface area contributed by atoms with E-state index in [9.17, 15) is 23.2 Å². The molecule has 0 N–H and O–H groups in total. The van der Waals surface area contributed by atoms with Crippen LogP contribution in [0.5, 0.6) is 5.75 Å². The minimum absolute atomic E-state index is 0.119. The smallest absolute Gasteiger partial charge is 0.417 e. The van der Waals surface area contributed by atoms with Gasteiger partial charge in [0, 0.05) is 30.9 Å². The Morgan fingerprint density at radius 3 is 2.42 bits per heavy atom. The number of likely N-dealkylation sites (tertiary alicyclic amines) is 1. The number of rotatable bonds is 4. The maximum atomic E-state index is 13.4. The van der Waals surface area contributed by atoms with E-state index in [1.807, 2.05) is 6.07 Å². The molecule has 2 heterocycles. The number of hydrogen-bond donors (Lipinski definition) is 0. The van der Waals surface area contributed by atoms with Crippen molar-refractivity contribution in [2.24, 2.45) is 0 Å². The van der Waals surface area contributed by atoms with Crippen LogP contribution in [0.4, 0.5) is 13.2 Å². The van der Waals surface area contributed by atoms with Crippen molar-refractivity contribution in [2.75, 3.05) is 20.2 Å². The molecule has 1 aliphatic carbocycles. The Hall–Kier alpha value is -3.08. The van der Waals surface area contributed by atoms with Gasteiger partial charge in [-0.05, 0) is 42.5 Å². The van der Waals surface area contributed by atoms with Gasteiger partial charge in [0.15, 0.2) is 0 Å². The second-order valence-corrected chi connectivity index (χ2v) is 8.08. The Bertz CT molecular complexity index is 1020. The third-order valence-corrected chi connectivity index (χ3v) is 6.22. The molecule has 31 heavy (non-hydrogen) atoms. The summed E-state index contributed by atoms with van der Waals surface area (Å²) in [6, 6.07) is 8.04. The predicted molar refractivity (Wildman–Crippen MR) is 107 cm³/mol. The molecule has 0 radical (unpaired) electrons. The Morgan fingerprint density at radius 1 is 1.16 bits per heavy atom. The van der Waals surface area contributed by atoms with E-state index in [1.54, 1.807) is 11.0 Å². The summed E-state index contributed by atoms with van der Waals surface area (Å²) in [5, 5.41) is 9.45. The Kier molecular flexibility index (Phi) is 5.61. The molecule has 0 spiro atoms. The van der Waals surface area contributed by atoms with Crippen molar-refractivity contribution in [2.45, 2.75) is 43.7 Å². The van der Waals surface area contributed by atoms with Crippen LogP contribution in [0.3, 0.4) is 0 Å². The summed E-state index contributed by atoms with van der Waals surface area (Å²) in [5.74, 6) is 0.229. The fraction of sp³-hybridized carbons (Fsp3) is 0.435. The van der Waals surface area contributed by atoms with Crippen LogP contribution in [0.25, 0.3) is 0 Å². The fourth-order valence-corrected chi connectivity index (χ4v) is 4.50. The Balaban J connectivity index is 1.56. The van der Waals surface area contributed by atoms with Gasteiger partial charge in [0.25, 0.3) is 5.91 Å². The van der Waals surface area contributed by atoms with Gasteiger partial charge in [0.2, 0.25) is 0 Å². The predicted octanol–water partition coefficient (Wildman–Crippen LogP) is 4.88. The topological polar surface area (TPSA) is 66.2 Å². The number of nitrogens with zero attached hydrogens (tertiary/aromatic N) is 3. The van der Waals surface area contributed by atoms with E-state index in [1.165, 1.54) is 13.2 Å². The second kappa shape index (κ2) is 8.22. The zero-order chi connectivity index (χ0) is 22.2. The Labute approximate surface area is 178 Å². The van der Waals surface area contributed by atoms with Gasteiger partial charge in [-0.3, -0.25) is 9.78 Å². The van der Waals surface area contributed by atoms with E-state index in [4.69, 9.17) is 4.74 Å². The molecule has 0 bridgehead atoms. The van der Waals surface area contributed by atoms with Gasteiger partial charge in [-0.2, -0.15) is 18.4 Å². The number of carbonyl (C=O) groups excluding carboxylic acids is 1. The van der Waals surface area contributed by atoms with Crippen LogP contribution in [0.15, 0.2) is 30.5 Å². The third-order valence-electron chi connectivity index (χ3n) is 6.22. The molecule has 1 aromatic carbocycles. The number of hydrogen-bond acceptors (Lipinski definition) is 4. The lowest BCUT2D eigenvalue weighted by atomic mass is 9.88. The zero-order valence-electron chi connectivity index (χ0n) is 17.1. The summed E-state index contributed by atoms with van der Waals surface area (Å²) >= 11 is 0. The largest absolute Gasteiger partial charge is 0.495 e. The van der Waals surface area contributed by atoms with Gasteiger partial charge in [-0.15, -0.1) is 0 Å². The minimum atomic E-state index is -4.42. The number of aromatic nitrogens is 1. The monoisotopic (exact) mass is 429 g/mol. The zero-order valence-corrected chi connectivity index (χ0v) is 17.1. The molecule has 1 amide bonds.